The third-order valence-electron chi connectivity index (χ3n) is 2.82. The lowest BCUT2D eigenvalue weighted by Gasteiger charge is -2.05. The molecule has 0 atom stereocenters. The lowest BCUT2D eigenvalue weighted by molar-refractivity contribution is -0.384. The summed E-state index contributed by atoms with van der Waals surface area (Å²) in [5.41, 5.74) is 1.27. The number of hydrogen-bond acceptors (Lipinski definition) is 6. The van der Waals surface area contributed by atoms with Crippen LogP contribution >= 0.6 is 0 Å². The molecule has 0 aliphatic heterocycles. The first-order valence-electron chi connectivity index (χ1n) is 6.18. The Kier molecular flexibility index (Phi) is 4.48. The van der Waals surface area contributed by atoms with Crippen LogP contribution in [0, 0.1) is 21.4 Å². The van der Waals surface area contributed by atoms with Gasteiger partial charge in [-0.1, -0.05) is 0 Å². The van der Waals surface area contributed by atoms with Crippen LogP contribution in [0.3, 0.4) is 0 Å². The van der Waals surface area contributed by atoms with Gasteiger partial charge in [0.05, 0.1) is 35.9 Å². The molecule has 8 nitrogen and oxygen atoms in total. The van der Waals surface area contributed by atoms with Crippen LogP contribution in [0.1, 0.15) is 11.1 Å². The van der Waals surface area contributed by atoms with E-state index in [1.165, 1.54) is 18.2 Å². The van der Waals surface area contributed by atoms with Gasteiger partial charge in [-0.05, 0) is 12.1 Å². The fourth-order valence-electron chi connectivity index (χ4n) is 1.82. The number of aliphatic hydroxyl groups is 1. The van der Waals surface area contributed by atoms with E-state index in [2.05, 4.69) is 10.4 Å². The molecule has 0 saturated carbocycles. The molecule has 0 bridgehead atoms. The Morgan fingerprint density at radius 2 is 2.33 bits per heavy atom. The first-order valence-corrected chi connectivity index (χ1v) is 6.18. The summed E-state index contributed by atoms with van der Waals surface area (Å²) in [5.74, 6) is 0. The van der Waals surface area contributed by atoms with Crippen molar-refractivity contribution in [1.29, 1.82) is 5.26 Å². The number of nitrogens with one attached hydrogen (secondary N) is 1. The largest absolute Gasteiger partial charge is 0.394 e. The first-order chi connectivity index (χ1) is 10.1. The van der Waals surface area contributed by atoms with Gasteiger partial charge in [-0.3, -0.25) is 14.8 Å². The van der Waals surface area contributed by atoms with Crippen LogP contribution < -0.4 is 5.32 Å². The highest BCUT2D eigenvalue weighted by Gasteiger charge is 2.14. The molecule has 21 heavy (non-hydrogen) atoms. The third-order valence-corrected chi connectivity index (χ3v) is 2.82. The van der Waals surface area contributed by atoms with Crippen molar-refractivity contribution in [3.05, 3.63) is 51.8 Å². The Bertz CT molecular complexity index is 689. The molecule has 1 aromatic heterocycles. The second kappa shape index (κ2) is 6.49. The predicted molar refractivity (Wildman–Crippen MR) is 74.5 cm³/mol. The van der Waals surface area contributed by atoms with Gasteiger partial charge in [0.25, 0.3) is 5.69 Å². The van der Waals surface area contributed by atoms with Crippen molar-refractivity contribution in [2.45, 2.75) is 13.1 Å². The number of nitriles is 1. The zero-order valence-corrected chi connectivity index (χ0v) is 11.1. The molecule has 0 aliphatic carbocycles. The Morgan fingerprint density at radius 1 is 1.52 bits per heavy atom. The van der Waals surface area contributed by atoms with E-state index >= 15 is 0 Å². The normalized spacial score (nSPS) is 10.1. The fourth-order valence-corrected chi connectivity index (χ4v) is 1.82. The summed E-state index contributed by atoms with van der Waals surface area (Å²) in [4.78, 5) is 10.5. The van der Waals surface area contributed by atoms with Gasteiger partial charge >= 0.3 is 0 Å². The molecule has 8 heteroatoms. The van der Waals surface area contributed by atoms with E-state index in [1.54, 1.807) is 17.1 Å². The molecule has 1 aromatic carbocycles. The number of anilines is 1. The van der Waals surface area contributed by atoms with Gasteiger partial charge in [0.2, 0.25) is 0 Å². The van der Waals surface area contributed by atoms with E-state index in [-0.39, 0.29) is 17.9 Å². The molecule has 0 spiro atoms. The lowest BCUT2D eigenvalue weighted by atomic mass is 10.2. The molecule has 0 unspecified atom stereocenters. The molecule has 0 aliphatic rings. The second-order valence-electron chi connectivity index (χ2n) is 4.29. The third kappa shape index (κ3) is 3.55. The standard InChI is InChI=1S/C13H13N5O3/c14-6-10-1-2-12(13(5-10)18(20)21)15-7-11-8-16-17(9-11)3-4-19/h1-2,5,8-9,15,19H,3-4,7H2. The Labute approximate surface area is 120 Å². The number of hydrogen-bond donors (Lipinski definition) is 2. The Morgan fingerprint density at radius 3 is 3.00 bits per heavy atom. The second-order valence-corrected chi connectivity index (χ2v) is 4.29. The highest BCUT2D eigenvalue weighted by molar-refractivity contribution is 5.64. The average molecular weight is 287 g/mol. The minimum absolute atomic E-state index is 0.00432. The molecule has 2 rings (SSSR count). The highest BCUT2D eigenvalue weighted by atomic mass is 16.6. The zero-order valence-electron chi connectivity index (χ0n) is 11.1. The number of aromatic nitrogens is 2. The van der Waals surface area contributed by atoms with Gasteiger partial charge in [-0.15, -0.1) is 0 Å². The fraction of sp³-hybridized carbons (Fsp3) is 0.231. The Balaban J connectivity index is 2.12. The van der Waals surface area contributed by atoms with E-state index in [0.717, 1.165) is 5.56 Å². The topological polar surface area (TPSA) is 117 Å². The van der Waals surface area contributed by atoms with Gasteiger partial charge in [-0.25, -0.2) is 0 Å². The van der Waals surface area contributed by atoms with Crippen molar-refractivity contribution in [2.75, 3.05) is 11.9 Å². The molecule has 0 radical (unpaired) electrons. The van der Waals surface area contributed by atoms with E-state index in [9.17, 15) is 10.1 Å². The summed E-state index contributed by atoms with van der Waals surface area (Å²) >= 11 is 0. The number of aliphatic hydroxyl groups excluding tert-OH is 1. The number of benzene rings is 1. The summed E-state index contributed by atoms with van der Waals surface area (Å²) in [6, 6.07) is 6.13. The first kappa shape index (κ1) is 14.5. The van der Waals surface area contributed by atoms with Gasteiger partial charge < -0.3 is 10.4 Å². The van der Waals surface area contributed by atoms with Crippen LogP contribution in [-0.4, -0.2) is 26.4 Å². The average Bonchev–Trinajstić information content (AvgIpc) is 2.93. The van der Waals surface area contributed by atoms with Crippen LogP contribution in [0.15, 0.2) is 30.6 Å². The van der Waals surface area contributed by atoms with E-state index in [1.807, 2.05) is 6.07 Å². The van der Waals surface area contributed by atoms with Crippen LogP contribution in [0.2, 0.25) is 0 Å². The van der Waals surface area contributed by atoms with Gasteiger partial charge in [0.1, 0.15) is 5.69 Å². The zero-order chi connectivity index (χ0) is 15.2. The van der Waals surface area contributed by atoms with Gasteiger partial charge in [0, 0.05) is 24.4 Å². The molecular weight excluding hydrogens is 274 g/mol. The molecule has 2 N–H and O–H groups in total. The Hall–Kier alpha value is -2.92. The minimum atomic E-state index is -0.529. The van der Waals surface area contributed by atoms with Gasteiger partial charge in [0.15, 0.2) is 0 Å². The number of nitrogens with zero attached hydrogens (tertiary/aromatic N) is 4. The maximum absolute atomic E-state index is 11.0. The van der Waals surface area contributed by atoms with Crippen molar-refractivity contribution in [3.63, 3.8) is 0 Å². The highest BCUT2D eigenvalue weighted by Crippen LogP contribution is 2.25. The molecule has 0 amide bonds. The van der Waals surface area contributed by atoms with Crippen LogP contribution in [-0.2, 0) is 13.1 Å². The SMILES string of the molecule is N#Cc1ccc(NCc2cnn(CCO)c2)c([N+](=O)[O-])c1. The van der Waals surface area contributed by atoms with Crippen molar-refractivity contribution >= 4 is 11.4 Å². The van der Waals surface area contributed by atoms with E-state index < -0.39 is 4.92 Å². The maximum atomic E-state index is 11.0. The lowest BCUT2D eigenvalue weighted by Crippen LogP contribution is -2.03. The minimum Gasteiger partial charge on any atom is -0.394 e. The van der Waals surface area contributed by atoms with Crippen molar-refractivity contribution in [3.8, 4) is 6.07 Å². The van der Waals surface area contributed by atoms with Crippen LogP contribution in [0.25, 0.3) is 0 Å². The predicted octanol–water partition coefficient (Wildman–Crippen LogP) is 1.27. The van der Waals surface area contributed by atoms with E-state index in [0.29, 0.717) is 18.8 Å². The summed E-state index contributed by atoms with van der Waals surface area (Å²) in [6.45, 7) is 0.755. The summed E-state index contributed by atoms with van der Waals surface area (Å²) < 4.78 is 1.59. The van der Waals surface area contributed by atoms with Crippen molar-refractivity contribution in [1.82, 2.24) is 9.78 Å². The van der Waals surface area contributed by atoms with Crippen LogP contribution in [0.5, 0.6) is 0 Å². The summed E-state index contributed by atoms with van der Waals surface area (Å²) in [7, 11) is 0. The van der Waals surface area contributed by atoms with Crippen molar-refractivity contribution < 1.29 is 10.0 Å². The monoisotopic (exact) mass is 287 g/mol. The molecule has 1 heterocycles. The summed E-state index contributed by atoms with van der Waals surface area (Å²) in [6.07, 6.45) is 3.37. The maximum Gasteiger partial charge on any atom is 0.293 e. The number of nitro groups is 1. The summed E-state index contributed by atoms with van der Waals surface area (Å²) in [5, 5.41) is 35.6. The quantitative estimate of drug-likeness (QED) is 0.610. The molecule has 2 aromatic rings. The van der Waals surface area contributed by atoms with Crippen molar-refractivity contribution in [2.24, 2.45) is 0 Å². The smallest absolute Gasteiger partial charge is 0.293 e. The molecular formula is C13H13N5O3. The number of rotatable bonds is 6. The van der Waals surface area contributed by atoms with Crippen LogP contribution in [0.4, 0.5) is 11.4 Å². The van der Waals surface area contributed by atoms with Gasteiger partial charge in [-0.2, -0.15) is 10.4 Å². The molecule has 0 fully saturated rings. The van der Waals surface area contributed by atoms with E-state index in [4.69, 9.17) is 10.4 Å². The molecule has 108 valence electrons. The molecule has 0 saturated heterocycles. The number of nitro benzene ring substituents is 1.